The Morgan fingerprint density at radius 2 is 2.00 bits per heavy atom. The zero-order valence-corrected chi connectivity index (χ0v) is 10.9. The van der Waals surface area contributed by atoms with Crippen molar-refractivity contribution in [1.29, 1.82) is 0 Å². The maximum atomic E-state index is 13.3. The molecule has 1 aromatic rings. The number of aliphatic hydroxyl groups is 1. The van der Waals surface area contributed by atoms with Crippen molar-refractivity contribution in [3.05, 3.63) is 29.8 Å². The van der Waals surface area contributed by atoms with E-state index in [0.717, 1.165) is 12.1 Å². The Hall–Kier alpha value is -1.09. The van der Waals surface area contributed by atoms with Crippen LogP contribution in [0.4, 0.5) is 8.78 Å². The summed E-state index contributed by atoms with van der Waals surface area (Å²) in [6.07, 6.45) is 0.357. The van der Waals surface area contributed by atoms with Gasteiger partial charge in [-0.3, -0.25) is 0 Å². The van der Waals surface area contributed by atoms with Crippen LogP contribution in [0.1, 0.15) is 6.42 Å². The van der Waals surface area contributed by atoms with Crippen LogP contribution >= 0.6 is 0 Å². The van der Waals surface area contributed by atoms with Gasteiger partial charge in [0, 0.05) is 13.2 Å². The van der Waals surface area contributed by atoms with E-state index in [1.165, 1.54) is 0 Å². The molecule has 0 aliphatic heterocycles. The lowest BCUT2D eigenvalue weighted by Gasteiger charge is -2.08. The third kappa shape index (κ3) is 5.19. The second kappa shape index (κ2) is 7.49. The molecule has 0 amide bonds. The van der Waals surface area contributed by atoms with E-state index in [1.54, 1.807) is 0 Å². The normalized spacial score (nSPS) is 11.7. The van der Waals surface area contributed by atoms with E-state index < -0.39 is 26.6 Å². The number of rotatable bonds is 8. The van der Waals surface area contributed by atoms with Crippen molar-refractivity contribution < 1.29 is 27.0 Å². The summed E-state index contributed by atoms with van der Waals surface area (Å²) in [4.78, 5) is -0.719. The Bertz CT molecular complexity index is 507. The van der Waals surface area contributed by atoms with Crippen LogP contribution in [0.3, 0.4) is 0 Å². The summed E-state index contributed by atoms with van der Waals surface area (Å²) in [5.74, 6) is -1.83. The number of ether oxygens (including phenoxy) is 1. The minimum Gasteiger partial charge on any atom is -0.394 e. The maximum absolute atomic E-state index is 13.3. The molecule has 8 heteroatoms. The van der Waals surface area contributed by atoms with Crippen LogP contribution in [0.2, 0.25) is 0 Å². The average Bonchev–Trinajstić information content (AvgIpc) is 2.36. The molecule has 1 rings (SSSR count). The molecule has 0 saturated heterocycles. The molecular weight excluding hydrogens is 280 g/mol. The van der Waals surface area contributed by atoms with Gasteiger partial charge in [-0.1, -0.05) is 0 Å². The SMILES string of the molecule is O=S(=O)(NCCCOCCO)c1cc(F)ccc1F. The van der Waals surface area contributed by atoms with E-state index in [0.29, 0.717) is 12.5 Å². The van der Waals surface area contributed by atoms with E-state index in [4.69, 9.17) is 9.84 Å². The predicted molar refractivity (Wildman–Crippen MR) is 64.1 cm³/mol. The van der Waals surface area contributed by atoms with Crippen molar-refractivity contribution in [2.45, 2.75) is 11.3 Å². The summed E-state index contributed by atoms with van der Waals surface area (Å²) < 4.78 is 56.7. The number of aliphatic hydroxyl groups excluding tert-OH is 1. The molecule has 108 valence electrons. The summed E-state index contributed by atoms with van der Waals surface area (Å²) in [6.45, 7) is 0.351. The number of sulfonamides is 1. The van der Waals surface area contributed by atoms with Gasteiger partial charge >= 0.3 is 0 Å². The van der Waals surface area contributed by atoms with Gasteiger partial charge in [0.2, 0.25) is 10.0 Å². The first kappa shape index (κ1) is 16.0. The molecule has 0 unspecified atom stereocenters. The maximum Gasteiger partial charge on any atom is 0.243 e. The van der Waals surface area contributed by atoms with Crippen molar-refractivity contribution in [3.8, 4) is 0 Å². The second-order valence-corrected chi connectivity index (χ2v) is 5.40. The number of hydrogen-bond acceptors (Lipinski definition) is 4. The molecule has 0 fully saturated rings. The molecule has 1 aromatic carbocycles. The summed E-state index contributed by atoms with van der Waals surface area (Å²) in [5.41, 5.74) is 0. The molecule has 0 aliphatic rings. The molecule has 0 spiro atoms. The third-order valence-corrected chi connectivity index (χ3v) is 3.65. The van der Waals surface area contributed by atoms with Gasteiger partial charge in [0.1, 0.15) is 16.5 Å². The zero-order chi connectivity index (χ0) is 14.3. The first-order chi connectivity index (χ1) is 8.97. The summed E-state index contributed by atoms with van der Waals surface area (Å²) in [7, 11) is -4.08. The van der Waals surface area contributed by atoms with Gasteiger partial charge in [-0.15, -0.1) is 0 Å². The van der Waals surface area contributed by atoms with Crippen molar-refractivity contribution in [2.75, 3.05) is 26.4 Å². The molecule has 0 saturated carbocycles. The van der Waals surface area contributed by atoms with Gasteiger partial charge in [-0.2, -0.15) is 0 Å². The number of nitrogens with one attached hydrogen (secondary N) is 1. The summed E-state index contributed by atoms with van der Waals surface area (Å²) in [6, 6.07) is 2.23. The molecular formula is C11H15F2NO4S. The third-order valence-electron chi connectivity index (χ3n) is 2.18. The lowest BCUT2D eigenvalue weighted by molar-refractivity contribution is 0.0913. The number of hydrogen-bond donors (Lipinski definition) is 2. The molecule has 0 heterocycles. The van der Waals surface area contributed by atoms with Gasteiger partial charge in [0.15, 0.2) is 0 Å². The first-order valence-corrected chi connectivity index (χ1v) is 7.09. The quantitative estimate of drug-likeness (QED) is 0.690. The highest BCUT2D eigenvalue weighted by Gasteiger charge is 2.19. The molecule has 2 N–H and O–H groups in total. The van der Waals surface area contributed by atoms with Gasteiger partial charge in [-0.25, -0.2) is 21.9 Å². The standard InChI is InChI=1S/C11H15F2NO4S/c12-9-2-3-10(13)11(8-9)19(16,17)14-4-1-6-18-7-5-15/h2-3,8,14-15H,1,4-7H2. The molecule has 0 bridgehead atoms. The monoisotopic (exact) mass is 295 g/mol. The van der Waals surface area contributed by atoms with Crippen LogP contribution in [0.5, 0.6) is 0 Å². The molecule has 0 radical (unpaired) electrons. The Kier molecular flexibility index (Phi) is 6.29. The highest BCUT2D eigenvalue weighted by Crippen LogP contribution is 2.15. The fourth-order valence-corrected chi connectivity index (χ4v) is 2.47. The van der Waals surface area contributed by atoms with Crippen LogP contribution < -0.4 is 4.72 Å². The van der Waals surface area contributed by atoms with Crippen molar-refractivity contribution in [2.24, 2.45) is 0 Å². The fraction of sp³-hybridized carbons (Fsp3) is 0.455. The van der Waals surface area contributed by atoms with E-state index in [-0.39, 0.29) is 26.4 Å². The van der Waals surface area contributed by atoms with Crippen LogP contribution in [-0.4, -0.2) is 39.9 Å². The topological polar surface area (TPSA) is 75.6 Å². The van der Waals surface area contributed by atoms with Gasteiger partial charge in [-0.05, 0) is 24.6 Å². The van der Waals surface area contributed by atoms with Gasteiger partial charge < -0.3 is 9.84 Å². The average molecular weight is 295 g/mol. The van der Waals surface area contributed by atoms with E-state index >= 15 is 0 Å². The van der Waals surface area contributed by atoms with Crippen molar-refractivity contribution >= 4 is 10.0 Å². The Balaban J connectivity index is 2.54. The van der Waals surface area contributed by atoms with Crippen LogP contribution in [0.15, 0.2) is 23.1 Å². The Morgan fingerprint density at radius 1 is 1.26 bits per heavy atom. The van der Waals surface area contributed by atoms with Crippen LogP contribution in [0.25, 0.3) is 0 Å². The van der Waals surface area contributed by atoms with Crippen molar-refractivity contribution in [3.63, 3.8) is 0 Å². The summed E-state index contributed by atoms with van der Waals surface area (Å²) >= 11 is 0. The van der Waals surface area contributed by atoms with E-state index in [1.807, 2.05) is 0 Å². The van der Waals surface area contributed by atoms with Gasteiger partial charge in [0.05, 0.1) is 13.2 Å². The van der Waals surface area contributed by atoms with Gasteiger partial charge in [0.25, 0.3) is 0 Å². The lowest BCUT2D eigenvalue weighted by Crippen LogP contribution is -2.26. The molecule has 0 aliphatic carbocycles. The highest BCUT2D eigenvalue weighted by molar-refractivity contribution is 7.89. The molecule has 5 nitrogen and oxygen atoms in total. The zero-order valence-electron chi connectivity index (χ0n) is 10.1. The molecule has 0 atom stereocenters. The van der Waals surface area contributed by atoms with Crippen molar-refractivity contribution in [1.82, 2.24) is 4.72 Å². The van der Waals surface area contributed by atoms with Crippen LogP contribution in [-0.2, 0) is 14.8 Å². The highest BCUT2D eigenvalue weighted by atomic mass is 32.2. The second-order valence-electron chi connectivity index (χ2n) is 3.66. The predicted octanol–water partition coefficient (Wildman–Crippen LogP) is 0.642. The smallest absolute Gasteiger partial charge is 0.243 e. The van der Waals surface area contributed by atoms with E-state index in [2.05, 4.69) is 4.72 Å². The first-order valence-electron chi connectivity index (χ1n) is 5.60. The van der Waals surface area contributed by atoms with Crippen LogP contribution in [0, 0.1) is 11.6 Å². The number of benzene rings is 1. The largest absolute Gasteiger partial charge is 0.394 e. The molecule has 19 heavy (non-hydrogen) atoms. The molecule has 0 aromatic heterocycles. The fourth-order valence-electron chi connectivity index (χ4n) is 1.31. The summed E-state index contributed by atoms with van der Waals surface area (Å²) in [5, 5.41) is 8.44. The Morgan fingerprint density at radius 3 is 2.68 bits per heavy atom. The Labute approximate surface area is 110 Å². The lowest BCUT2D eigenvalue weighted by atomic mass is 10.3. The number of halogens is 2. The minimum atomic E-state index is -4.08. The minimum absolute atomic E-state index is 0.0315. The van der Waals surface area contributed by atoms with E-state index in [9.17, 15) is 17.2 Å².